The Labute approximate surface area is 148 Å². The summed E-state index contributed by atoms with van der Waals surface area (Å²) in [6.45, 7) is 4.06. The van der Waals surface area contributed by atoms with Crippen LogP contribution in [0.5, 0.6) is 0 Å². The van der Waals surface area contributed by atoms with Gasteiger partial charge in [-0.2, -0.15) is 13.2 Å². The molecule has 0 amide bonds. The Morgan fingerprint density at radius 2 is 1.73 bits per heavy atom. The molecule has 26 heavy (non-hydrogen) atoms. The lowest BCUT2D eigenvalue weighted by Crippen LogP contribution is -2.09. The largest absolute Gasteiger partial charge is 0.478 e. The van der Waals surface area contributed by atoms with Gasteiger partial charge in [0.2, 0.25) is 0 Å². The summed E-state index contributed by atoms with van der Waals surface area (Å²) in [5.74, 6) is -0.989. The van der Waals surface area contributed by atoms with Crippen LogP contribution in [0.25, 0.3) is 22.2 Å². The Balaban J connectivity index is 2.28. The molecule has 0 radical (unpaired) electrons. The van der Waals surface area contributed by atoms with Crippen LogP contribution in [-0.4, -0.2) is 16.1 Å². The molecule has 0 bridgehead atoms. The summed E-state index contributed by atoms with van der Waals surface area (Å²) in [7, 11) is 0. The van der Waals surface area contributed by atoms with Gasteiger partial charge in [-0.3, -0.25) is 0 Å². The number of fused-ring (bicyclic) bond motifs is 1. The molecule has 0 saturated heterocycles. The number of carbonyl (C=O) groups is 1. The van der Waals surface area contributed by atoms with Gasteiger partial charge in [0.1, 0.15) is 0 Å². The van der Waals surface area contributed by atoms with Gasteiger partial charge in [0.05, 0.1) is 22.3 Å². The molecule has 2 aromatic carbocycles. The highest BCUT2D eigenvalue weighted by molar-refractivity contribution is 6.04. The molecule has 0 saturated carbocycles. The minimum atomic E-state index is -4.62. The minimum Gasteiger partial charge on any atom is -0.478 e. The van der Waals surface area contributed by atoms with Crippen LogP contribution in [-0.2, 0) is 6.18 Å². The number of carboxylic acid groups (broad SMARTS) is 1. The normalized spacial score (nSPS) is 11.9. The number of alkyl halides is 3. The lowest BCUT2D eigenvalue weighted by Gasteiger charge is -2.13. The summed E-state index contributed by atoms with van der Waals surface area (Å²) in [6.07, 6.45) is -4.62. The summed E-state index contributed by atoms with van der Waals surface area (Å²) in [6, 6.07) is 12.0. The number of aromatic carboxylic acids is 1. The lowest BCUT2D eigenvalue weighted by atomic mass is 9.98. The molecule has 0 aliphatic rings. The topological polar surface area (TPSA) is 50.2 Å². The van der Waals surface area contributed by atoms with Crippen LogP contribution in [0.3, 0.4) is 0 Å². The molecule has 0 spiro atoms. The van der Waals surface area contributed by atoms with E-state index in [2.05, 4.69) is 4.98 Å². The van der Waals surface area contributed by atoms with Crippen molar-refractivity contribution < 1.29 is 23.1 Å². The molecule has 1 aromatic heterocycles. The third-order valence-corrected chi connectivity index (χ3v) is 4.25. The third kappa shape index (κ3) is 3.27. The fraction of sp³-hybridized carbons (Fsp3) is 0.200. The van der Waals surface area contributed by atoms with Crippen molar-refractivity contribution in [3.8, 4) is 11.3 Å². The van der Waals surface area contributed by atoms with Gasteiger partial charge in [-0.1, -0.05) is 50.2 Å². The van der Waals surface area contributed by atoms with Crippen LogP contribution < -0.4 is 0 Å². The number of pyridine rings is 1. The number of benzene rings is 2. The Hall–Kier alpha value is -2.89. The minimum absolute atomic E-state index is 0.0325. The Bertz CT molecular complexity index is 977. The summed E-state index contributed by atoms with van der Waals surface area (Å²) < 4.78 is 40.0. The second-order valence-electron chi connectivity index (χ2n) is 6.34. The molecule has 0 atom stereocenters. The highest BCUT2D eigenvalue weighted by Crippen LogP contribution is 2.36. The zero-order valence-electron chi connectivity index (χ0n) is 14.1. The van der Waals surface area contributed by atoms with Crippen molar-refractivity contribution in [3.63, 3.8) is 0 Å². The zero-order chi connectivity index (χ0) is 19.1. The number of hydrogen-bond acceptors (Lipinski definition) is 2. The number of aromatic nitrogens is 1. The quantitative estimate of drug-likeness (QED) is 0.648. The van der Waals surface area contributed by atoms with E-state index >= 15 is 0 Å². The number of carboxylic acids is 1. The number of nitrogens with zero attached hydrogens (tertiary/aromatic N) is 1. The predicted octanol–water partition coefficient (Wildman–Crippen LogP) is 5.74. The highest BCUT2D eigenvalue weighted by atomic mass is 19.4. The van der Waals surface area contributed by atoms with Crippen LogP contribution in [0, 0.1) is 0 Å². The van der Waals surface area contributed by atoms with Gasteiger partial charge >= 0.3 is 12.1 Å². The van der Waals surface area contributed by atoms with Crippen molar-refractivity contribution in [2.24, 2.45) is 0 Å². The van der Waals surface area contributed by atoms with Crippen molar-refractivity contribution in [2.75, 3.05) is 0 Å². The molecular formula is C20H16F3NO2. The number of para-hydroxylation sites is 1. The predicted molar refractivity (Wildman–Crippen MR) is 93.2 cm³/mol. The van der Waals surface area contributed by atoms with Crippen molar-refractivity contribution in [3.05, 3.63) is 65.2 Å². The Morgan fingerprint density at radius 1 is 1.08 bits per heavy atom. The highest BCUT2D eigenvalue weighted by Gasteiger charge is 2.34. The van der Waals surface area contributed by atoms with Gasteiger partial charge in [0.15, 0.2) is 0 Å². The van der Waals surface area contributed by atoms with E-state index in [9.17, 15) is 23.1 Å². The second kappa shape index (κ2) is 6.44. The van der Waals surface area contributed by atoms with E-state index in [-0.39, 0.29) is 22.2 Å². The maximum Gasteiger partial charge on any atom is 0.418 e. The average Bonchev–Trinajstić information content (AvgIpc) is 2.59. The summed E-state index contributed by atoms with van der Waals surface area (Å²) in [5.41, 5.74) is 0.326. The van der Waals surface area contributed by atoms with E-state index in [1.807, 2.05) is 26.0 Å². The fourth-order valence-corrected chi connectivity index (χ4v) is 2.84. The van der Waals surface area contributed by atoms with Crippen molar-refractivity contribution in [1.82, 2.24) is 4.98 Å². The number of halogens is 3. The van der Waals surface area contributed by atoms with Crippen molar-refractivity contribution >= 4 is 16.9 Å². The smallest absolute Gasteiger partial charge is 0.418 e. The van der Waals surface area contributed by atoms with Crippen LogP contribution >= 0.6 is 0 Å². The standard InChI is InChI=1S/C20H16F3NO2/c1-11(2)12-6-8-13(9-7-12)17-10-15(19(25)26)14-4-3-5-16(18(14)24-17)20(21,22)23/h3-11H,1-2H3,(H,25,26). The van der Waals surface area contributed by atoms with Gasteiger partial charge in [0.25, 0.3) is 0 Å². The molecule has 0 aliphatic carbocycles. The Kier molecular flexibility index (Phi) is 4.44. The van der Waals surface area contributed by atoms with Crippen molar-refractivity contribution in [1.29, 1.82) is 0 Å². The van der Waals surface area contributed by atoms with Crippen LogP contribution in [0.1, 0.15) is 41.3 Å². The van der Waals surface area contributed by atoms with Gasteiger partial charge in [-0.05, 0) is 23.6 Å². The van der Waals surface area contributed by atoms with E-state index in [0.29, 0.717) is 11.5 Å². The van der Waals surface area contributed by atoms with E-state index in [0.717, 1.165) is 11.6 Å². The monoisotopic (exact) mass is 359 g/mol. The van der Waals surface area contributed by atoms with E-state index in [1.165, 1.54) is 18.2 Å². The fourth-order valence-electron chi connectivity index (χ4n) is 2.84. The average molecular weight is 359 g/mol. The number of hydrogen-bond donors (Lipinski definition) is 1. The van der Waals surface area contributed by atoms with Gasteiger partial charge in [-0.25, -0.2) is 9.78 Å². The first-order valence-electron chi connectivity index (χ1n) is 8.03. The van der Waals surface area contributed by atoms with E-state index in [1.54, 1.807) is 12.1 Å². The lowest BCUT2D eigenvalue weighted by molar-refractivity contribution is -0.136. The molecule has 3 rings (SSSR count). The first kappa shape index (κ1) is 17.9. The summed E-state index contributed by atoms with van der Waals surface area (Å²) >= 11 is 0. The molecule has 1 N–H and O–H groups in total. The maximum absolute atomic E-state index is 13.3. The molecule has 3 nitrogen and oxygen atoms in total. The Morgan fingerprint density at radius 3 is 2.27 bits per heavy atom. The molecule has 0 aliphatic heterocycles. The molecule has 0 unspecified atom stereocenters. The molecule has 6 heteroatoms. The number of rotatable bonds is 3. The summed E-state index contributed by atoms with van der Waals surface area (Å²) in [5, 5.41) is 9.42. The molecule has 134 valence electrons. The van der Waals surface area contributed by atoms with Crippen LogP contribution in [0.15, 0.2) is 48.5 Å². The van der Waals surface area contributed by atoms with Gasteiger partial charge in [-0.15, -0.1) is 0 Å². The SMILES string of the molecule is CC(C)c1ccc(-c2cc(C(=O)O)c3cccc(C(F)(F)F)c3n2)cc1. The zero-order valence-corrected chi connectivity index (χ0v) is 14.1. The molecule has 0 fully saturated rings. The third-order valence-electron chi connectivity index (χ3n) is 4.25. The molecule has 1 heterocycles. The van der Waals surface area contributed by atoms with Crippen LogP contribution in [0.2, 0.25) is 0 Å². The van der Waals surface area contributed by atoms with Crippen molar-refractivity contribution in [2.45, 2.75) is 25.9 Å². The van der Waals surface area contributed by atoms with E-state index < -0.39 is 17.7 Å². The second-order valence-corrected chi connectivity index (χ2v) is 6.34. The first-order valence-corrected chi connectivity index (χ1v) is 8.03. The van der Waals surface area contributed by atoms with Crippen LogP contribution in [0.4, 0.5) is 13.2 Å². The van der Waals surface area contributed by atoms with Gasteiger partial charge < -0.3 is 5.11 Å². The summed E-state index contributed by atoms with van der Waals surface area (Å²) in [4.78, 5) is 15.7. The van der Waals surface area contributed by atoms with E-state index in [4.69, 9.17) is 0 Å². The molecular weight excluding hydrogens is 343 g/mol. The maximum atomic E-state index is 13.3. The molecule has 3 aromatic rings. The first-order chi connectivity index (χ1) is 12.2. The van der Waals surface area contributed by atoms with Gasteiger partial charge in [0, 0.05) is 10.9 Å².